The van der Waals surface area contributed by atoms with Crippen molar-refractivity contribution >= 4 is 33.9 Å². The van der Waals surface area contributed by atoms with Crippen molar-refractivity contribution in [1.82, 2.24) is 14.7 Å². The Bertz CT molecular complexity index is 1620. The van der Waals surface area contributed by atoms with Gasteiger partial charge in [0.05, 0.1) is 30.3 Å². The second kappa shape index (κ2) is 12.3. The van der Waals surface area contributed by atoms with E-state index in [0.29, 0.717) is 11.9 Å². The van der Waals surface area contributed by atoms with Crippen LogP contribution in [-0.2, 0) is 10.2 Å². The summed E-state index contributed by atoms with van der Waals surface area (Å²) in [4.78, 5) is 16.3. The summed E-state index contributed by atoms with van der Waals surface area (Å²) >= 11 is 0. The van der Waals surface area contributed by atoms with Gasteiger partial charge in [-0.15, -0.1) is 0 Å². The van der Waals surface area contributed by atoms with Gasteiger partial charge in [-0.1, -0.05) is 81.3 Å². The molecule has 2 aliphatic rings. The third-order valence-electron chi connectivity index (χ3n) is 8.60. The number of fused-ring (bicyclic) bond motifs is 1. The Balaban J connectivity index is 1.35. The van der Waals surface area contributed by atoms with Crippen LogP contribution in [0.25, 0.3) is 22.0 Å². The van der Waals surface area contributed by atoms with Crippen molar-refractivity contribution in [3.05, 3.63) is 89.6 Å². The smallest absolute Gasteiger partial charge is 0.324 e. The highest BCUT2D eigenvalue weighted by atomic mass is 16.5. The van der Waals surface area contributed by atoms with Crippen LogP contribution in [0, 0.1) is 6.92 Å². The maximum absolute atomic E-state index is 13.7. The van der Waals surface area contributed by atoms with Crippen LogP contribution in [0.15, 0.2) is 72.8 Å². The molecule has 1 atom stereocenters. The standard InChI is InChI=1S/C36H43N5O2/c1-25-13-16-28(17-14-25)41-33(24-32(39-41)36(2,3)4)38-35(42)37-31-18-15-26-9-6-8-12-30(26)34(31)27-10-5-7-11-29(23-27)40-19-21-43-22-20-40/h6,8-9,12-18,23-24,29H,5,7,10-11,19-22H2,1-4H3,(H2,37,38,42). The van der Waals surface area contributed by atoms with Gasteiger partial charge in [0.2, 0.25) is 0 Å². The number of allylic oxidation sites excluding steroid dienone is 1. The number of nitrogens with one attached hydrogen (secondary N) is 2. The van der Waals surface area contributed by atoms with E-state index in [1.807, 2.05) is 28.9 Å². The summed E-state index contributed by atoms with van der Waals surface area (Å²) in [6, 6.07) is 22.9. The van der Waals surface area contributed by atoms with Gasteiger partial charge in [-0.3, -0.25) is 10.2 Å². The summed E-state index contributed by atoms with van der Waals surface area (Å²) in [5.74, 6) is 0.634. The largest absolute Gasteiger partial charge is 0.379 e. The molecule has 224 valence electrons. The minimum absolute atomic E-state index is 0.169. The van der Waals surface area contributed by atoms with Gasteiger partial charge in [0.15, 0.2) is 0 Å². The number of rotatable bonds is 5. The molecule has 1 saturated heterocycles. The van der Waals surface area contributed by atoms with Crippen LogP contribution in [0.1, 0.15) is 63.3 Å². The Labute approximate surface area is 254 Å². The van der Waals surface area contributed by atoms with E-state index in [4.69, 9.17) is 9.84 Å². The molecule has 0 spiro atoms. The first kappa shape index (κ1) is 29.1. The van der Waals surface area contributed by atoms with Gasteiger partial charge >= 0.3 is 6.03 Å². The van der Waals surface area contributed by atoms with E-state index >= 15 is 0 Å². The number of amides is 2. The van der Waals surface area contributed by atoms with Crippen LogP contribution in [-0.4, -0.2) is 53.1 Å². The number of hydrogen-bond acceptors (Lipinski definition) is 4. The third kappa shape index (κ3) is 6.53. The van der Waals surface area contributed by atoms with E-state index in [0.717, 1.165) is 73.6 Å². The Morgan fingerprint density at radius 3 is 2.49 bits per heavy atom. The minimum Gasteiger partial charge on any atom is -0.379 e. The molecule has 0 bridgehead atoms. The molecule has 0 saturated carbocycles. The SMILES string of the molecule is Cc1ccc(-n2nc(C(C)(C)C)cc2NC(=O)Nc2ccc3ccccc3c2C2=CC(N3CCOCC3)CCCC2)cc1. The highest BCUT2D eigenvalue weighted by Gasteiger charge is 2.25. The monoisotopic (exact) mass is 577 g/mol. The lowest BCUT2D eigenvalue weighted by molar-refractivity contribution is 0.0242. The van der Waals surface area contributed by atoms with E-state index in [-0.39, 0.29) is 11.4 Å². The summed E-state index contributed by atoms with van der Waals surface area (Å²) < 4.78 is 7.46. The fraction of sp³-hybridized carbons (Fsp3) is 0.389. The Hall–Kier alpha value is -3.94. The molecule has 1 fully saturated rings. The molecule has 3 aromatic carbocycles. The first-order valence-electron chi connectivity index (χ1n) is 15.6. The van der Waals surface area contributed by atoms with Gasteiger partial charge in [-0.05, 0) is 60.7 Å². The van der Waals surface area contributed by atoms with Crippen molar-refractivity contribution in [2.75, 3.05) is 36.9 Å². The predicted molar refractivity (Wildman–Crippen MR) is 176 cm³/mol. The maximum atomic E-state index is 13.7. The second-order valence-corrected chi connectivity index (χ2v) is 12.9. The zero-order valence-electron chi connectivity index (χ0n) is 25.8. The van der Waals surface area contributed by atoms with Gasteiger partial charge in [0, 0.05) is 36.2 Å². The average molecular weight is 578 g/mol. The number of urea groups is 1. The topological polar surface area (TPSA) is 71.4 Å². The van der Waals surface area contributed by atoms with E-state index in [1.165, 1.54) is 22.9 Å². The highest BCUT2D eigenvalue weighted by Crippen LogP contribution is 2.38. The van der Waals surface area contributed by atoms with Crippen molar-refractivity contribution in [2.45, 2.75) is 64.8 Å². The van der Waals surface area contributed by atoms with Gasteiger partial charge in [-0.2, -0.15) is 5.10 Å². The number of aryl methyl sites for hydroxylation is 1. The van der Waals surface area contributed by atoms with Crippen molar-refractivity contribution in [3.63, 3.8) is 0 Å². The summed E-state index contributed by atoms with van der Waals surface area (Å²) in [5, 5.41) is 13.6. The molecule has 2 amide bonds. The number of ether oxygens (including phenoxy) is 1. The third-order valence-corrected chi connectivity index (χ3v) is 8.60. The molecule has 1 aromatic heterocycles. The normalized spacial score (nSPS) is 18.2. The minimum atomic E-state index is -0.288. The summed E-state index contributed by atoms with van der Waals surface area (Å²) in [7, 11) is 0. The van der Waals surface area contributed by atoms with Crippen LogP contribution in [0.3, 0.4) is 0 Å². The lowest BCUT2D eigenvalue weighted by atomic mass is 9.92. The first-order valence-corrected chi connectivity index (χ1v) is 15.6. The second-order valence-electron chi connectivity index (χ2n) is 12.9. The Morgan fingerprint density at radius 1 is 0.953 bits per heavy atom. The quantitative estimate of drug-likeness (QED) is 0.253. The molecule has 1 unspecified atom stereocenters. The highest BCUT2D eigenvalue weighted by molar-refractivity contribution is 6.06. The van der Waals surface area contributed by atoms with Crippen LogP contribution in [0.5, 0.6) is 0 Å². The van der Waals surface area contributed by atoms with Gasteiger partial charge in [-0.25, -0.2) is 9.48 Å². The van der Waals surface area contributed by atoms with E-state index in [2.05, 4.69) is 91.8 Å². The molecule has 7 heteroatoms. The van der Waals surface area contributed by atoms with Crippen LogP contribution >= 0.6 is 0 Å². The molecule has 7 nitrogen and oxygen atoms in total. The summed E-state index contributed by atoms with van der Waals surface area (Å²) in [5.41, 5.74) is 6.07. The summed E-state index contributed by atoms with van der Waals surface area (Å²) in [6.45, 7) is 12.0. The molecule has 4 aromatic rings. The zero-order chi connectivity index (χ0) is 30.0. The van der Waals surface area contributed by atoms with E-state index < -0.39 is 0 Å². The number of anilines is 2. The Morgan fingerprint density at radius 2 is 1.72 bits per heavy atom. The number of aromatic nitrogens is 2. The Kier molecular flexibility index (Phi) is 8.37. The molecule has 1 aliphatic carbocycles. The van der Waals surface area contributed by atoms with Gasteiger partial charge in [0.1, 0.15) is 5.82 Å². The van der Waals surface area contributed by atoms with E-state index in [9.17, 15) is 4.79 Å². The van der Waals surface area contributed by atoms with Crippen LogP contribution in [0.4, 0.5) is 16.3 Å². The molecule has 2 N–H and O–H groups in total. The summed E-state index contributed by atoms with van der Waals surface area (Å²) in [6.07, 6.45) is 6.92. The molecule has 6 rings (SSSR count). The molecule has 43 heavy (non-hydrogen) atoms. The predicted octanol–water partition coefficient (Wildman–Crippen LogP) is 7.93. The number of carbonyl (C=O) groups is 1. The van der Waals surface area contributed by atoms with Gasteiger partial charge < -0.3 is 10.1 Å². The van der Waals surface area contributed by atoms with E-state index in [1.54, 1.807) is 0 Å². The fourth-order valence-electron chi connectivity index (χ4n) is 6.18. The fourth-order valence-corrected chi connectivity index (χ4v) is 6.18. The first-order chi connectivity index (χ1) is 20.8. The number of morpholine rings is 1. The average Bonchev–Trinajstić information content (AvgIpc) is 3.27. The molecular formula is C36H43N5O2. The van der Waals surface area contributed by atoms with Crippen molar-refractivity contribution in [3.8, 4) is 5.69 Å². The molecule has 2 heterocycles. The number of carbonyl (C=O) groups excluding carboxylic acids is 1. The van der Waals surface area contributed by atoms with Crippen LogP contribution in [0.2, 0.25) is 0 Å². The van der Waals surface area contributed by atoms with Crippen molar-refractivity contribution < 1.29 is 9.53 Å². The molecule has 1 aliphatic heterocycles. The van der Waals surface area contributed by atoms with Crippen LogP contribution < -0.4 is 10.6 Å². The van der Waals surface area contributed by atoms with Crippen molar-refractivity contribution in [2.24, 2.45) is 0 Å². The lowest BCUT2D eigenvalue weighted by Gasteiger charge is -2.33. The number of benzene rings is 3. The molecule has 0 radical (unpaired) electrons. The maximum Gasteiger partial charge on any atom is 0.324 e. The van der Waals surface area contributed by atoms with Gasteiger partial charge in [0.25, 0.3) is 0 Å². The molecular weight excluding hydrogens is 534 g/mol. The number of hydrogen-bond donors (Lipinski definition) is 2. The zero-order valence-corrected chi connectivity index (χ0v) is 25.8. The number of nitrogens with zero attached hydrogens (tertiary/aromatic N) is 3. The van der Waals surface area contributed by atoms with Crippen molar-refractivity contribution in [1.29, 1.82) is 0 Å². The lowest BCUT2D eigenvalue weighted by Crippen LogP contribution is -2.42.